The van der Waals surface area contributed by atoms with Gasteiger partial charge in [0.15, 0.2) is 11.5 Å². The van der Waals surface area contributed by atoms with Gasteiger partial charge in [0.1, 0.15) is 6.61 Å². The van der Waals surface area contributed by atoms with E-state index < -0.39 is 0 Å². The lowest BCUT2D eigenvalue weighted by Crippen LogP contribution is -2.42. The van der Waals surface area contributed by atoms with Gasteiger partial charge in [-0.05, 0) is 37.0 Å². The maximum Gasteiger partial charge on any atom is 0.253 e. The average Bonchev–Trinajstić information content (AvgIpc) is 3.19. The van der Waals surface area contributed by atoms with E-state index in [1.165, 1.54) is 30.6 Å². The van der Waals surface area contributed by atoms with Gasteiger partial charge in [0.2, 0.25) is 0 Å². The topological polar surface area (TPSA) is 51.7 Å². The van der Waals surface area contributed by atoms with Crippen LogP contribution >= 0.6 is 11.3 Å². The third kappa shape index (κ3) is 4.18. The molecule has 1 aliphatic rings. The molecule has 0 radical (unpaired) electrons. The first-order valence-corrected chi connectivity index (χ1v) is 9.99. The van der Waals surface area contributed by atoms with E-state index in [0.29, 0.717) is 35.6 Å². The molecule has 26 heavy (non-hydrogen) atoms. The fourth-order valence-electron chi connectivity index (χ4n) is 3.61. The van der Waals surface area contributed by atoms with Gasteiger partial charge in [-0.2, -0.15) is 0 Å². The normalized spacial score (nSPS) is 19.8. The van der Waals surface area contributed by atoms with E-state index in [1.807, 2.05) is 23.4 Å². The van der Waals surface area contributed by atoms with Gasteiger partial charge in [0, 0.05) is 24.0 Å². The summed E-state index contributed by atoms with van der Waals surface area (Å²) < 4.78 is 11.2. The molecule has 1 fully saturated rings. The summed E-state index contributed by atoms with van der Waals surface area (Å²) in [6.07, 6.45) is 4.72. The Morgan fingerprint density at radius 3 is 2.81 bits per heavy atom. The molecule has 3 rings (SSSR count). The smallest absolute Gasteiger partial charge is 0.253 e. The number of hydrogen-bond donors (Lipinski definition) is 0. The highest BCUT2D eigenvalue weighted by Gasteiger charge is 2.28. The second kappa shape index (κ2) is 8.54. The van der Waals surface area contributed by atoms with Crippen molar-refractivity contribution >= 4 is 17.2 Å². The van der Waals surface area contributed by atoms with Crippen molar-refractivity contribution in [3.63, 3.8) is 0 Å². The van der Waals surface area contributed by atoms with Crippen molar-refractivity contribution in [1.82, 2.24) is 9.88 Å². The molecule has 1 amide bonds. The molecule has 1 aromatic heterocycles. The van der Waals surface area contributed by atoms with Crippen LogP contribution in [0.5, 0.6) is 11.5 Å². The first kappa shape index (κ1) is 18.7. The summed E-state index contributed by atoms with van der Waals surface area (Å²) >= 11 is 1.54. The number of aromatic nitrogens is 1. The van der Waals surface area contributed by atoms with Gasteiger partial charge < -0.3 is 14.4 Å². The van der Waals surface area contributed by atoms with Gasteiger partial charge >= 0.3 is 0 Å². The van der Waals surface area contributed by atoms with Crippen LogP contribution in [0.15, 0.2) is 29.1 Å². The molecule has 2 aromatic rings. The minimum atomic E-state index is 0.0353. The Hall–Kier alpha value is -2.08. The standard InChI is InChI=1S/C20H26N2O3S/c1-14-6-4-5-7-17(14)22(2)20(23)15-8-9-18(19(10-15)24-3)25-11-16-12-26-13-21-16/h8-10,12-14,17H,4-7,11H2,1-3H3. The number of thiazole rings is 1. The van der Waals surface area contributed by atoms with Crippen molar-refractivity contribution < 1.29 is 14.3 Å². The van der Waals surface area contributed by atoms with E-state index in [4.69, 9.17) is 9.47 Å². The molecule has 1 aromatic carbocycles. The molecule has 5 nitrogen and oxygen atoms in total. The fraction of sp³-hybridized carbons (Fsp3) is 0.500. The van der Waals surface area contributed by atoms with Gasteiger partial charge in [-0.1, -0.05) is 19.8 Å². The van der Waals surface area contributed by atoms with Crippen molar-refractivity contribution in [2.75, 3.05) is 14.2 Å². The zero-order valence-electron chi connectivity index (χ0n) is 15.6. The van der Waals surface area contributed by atoms with E-state index in [-0.39, 0.29) is 5.91 Å². The van der Waals surface area contributed by atoms with Crippen LogP contribution in [0.1, 0.15) is 48.7 Å². The Balaban J connectivity index is 1.72. The van der Waals surface area contributed by atoms with Crippen LogP contribution < -0.4 is 9.47 Å². The van der Waals surface area contributed by atoms with Gasteiger partial charge in [-0.25, -0.2) is 4.98 Å². The minimum absolute atomic E-state index is 0.0353. The van der Waals surface area contributed by atoms with Crippen molar-refractivity contribution in [2.45, 2.75) is 45.3 Å². The Kier molecular flexibility index (Phi) is 6.14. The molecule has 2 unspecified atom stereocenters. The lowest BCUT2D eigenvalue weighted by atomic mass is 9.85. The van der Waals surface area contributed by atoms with Gasteiger partial charge in [-0.3, -0.25) is 4.79 Å². The first-order chi connectivity index (χ1) is 12.6. The zero-order valence-corrected chi connectivity index (χ0v) is 16.4. The fourth-order valence-corrected chi connectivity index (χ4v) is 4.15. The Morgan fingerprint density at radius 2 is 2.12 bits per heavy atom. The van der Waals surface area contributed by atoms with E-state index in [0.717, 1.165) is 12.1 Å². The summed E-state index contributed by atoms with van der Waals surface area (Å²) in [6.45, 7) is 2.62. The van der Waals surface area contributed by atoms with E-state index in [1.54, 1.807) is 24.8 Å². The van der Waals surface area contributed by atoms with Crippen molar-refractivity contribution in [1.29, 1.82) is 0 Å². The van der Waals surface area contributed by atoms with Crippen molar-refractivity contribution in [3.8, 4) is 11.5 Å². The number of methoxy groups -OCH3 is 1. The Morgan fingerprint density at radius 1 is 1.31 bits per heavy atom. The van der Waals surface area contributed by atoms with Crippen LogP contribution in [-0.2, 0) is 6.61 Å². The summed E-state index contributed by atoms with van der Waals surface area (Å²) in [5.41, 5.74) is 3.28. The second-order valence-corrected chi connectivity index (χ2v) is 7.60. The van der Waals surface area contributed by atoms with E-state index in [9.17, 15) is 4.79 Å². The summed E-state index contributed by atoms with van der Waals surface area (Å²) in [6, 6.07) is 5.69. The molecule has 6 heteroatoms. The van der Waals surface area contributed by atoms with Gasteiger partial charge in [-0.15, -0.1) is 11.3 Å². The van der Waals surface area contributed by atoms with Crippen molar-refractivity contribution in [3.05, 3.63) is 40.3 Å². The number of carbonyl (C=O) groups excluding carboxylic acids is 1. The molecular weight excluding hydrogens is 348 g/mol. The number of rotatable bonds is 6. The predicted molar refractivity (Wildman–Crippen MR) is 103 cm³/mol. The zero-order chi connectivity index (χ0) is 18.5. The van der Waals surface area contributed by atoms with Crippen LogP contribution in [0.2, 0.25) is 0 Å². The Bertz CT molecular complexity index is 733. The van der Waals surface area contributed by atoms with Crippen LogP contribution in [0.25, 0.3) is 0 Å². The summed E-state index contributed by atoms with van der Waals surface area (Å²) in [4.78, 5) is 19.0. The third-order valence-electron chi connectivity index (χ3n) is 5.15. The van der Waals surface area contributed by atoms with Gasteiger partial charge in [0.05, 0.1) is 18.3 Å². The van der Waals surface area contributed by atoms with Crippen molar-refractivity contribution in [2.24, 2.45) is 5.92 Å². The molecule has 0 saturated heterocycles. The number of benzene rings is 1. The van der Waals surface area contributed by atoms with Crippen LogP contribution in [0, 0.1) is 5.92 Å². The highest BCUT2D eigenvalue weighted by atomic mass is 32.1. The molecule has 1 heterocycles. The third-order valence-corrected chi connectivity index (χ3v) is 5.79. The molecule has 0 N–H and O–H groups in total. The molecule has 2 atom stereocenters. The minimum Gasteiger partial charge on any atom is -0.493 e. The molecule has 0 spiro atoms. The maximum absolute atomic E-state index is 12.9. The van der Waals surface area contributed by atoms with Gasteiger partial charge in [0.25, 0.3) is 5.91 Å². The molecule has 0 aliphatic heterocycles. The SMILES string of the molecule is COc1cc(C(=O)N(C)C2CCCCC2C)ccc1OCc1cscn1. The van der Waals surface area contributed by atoms with E-state index in [2.05, 4.69) is 11.9 Å². The molecular formula is C20H26N2O3S. The number of hydrogen-bond acceptors (Lipinski definition) is 5. The first-order valence-electron chi connectivity index (χ1n) is 9.05. The number of ether oxygens (including phenoxy) is 2. The monoisotopic (exact) mass is 374 g/mol. The van der Waals surface area contributed by atoms with Crippen LogP contribution in [0.4, 0.5) is 0 Å². The summed E-state index contributed by atoms with van der Waals surface area (Å²) in [5.74, 6) is 1.76. The molecule has 1 saturated carbocycles. The average molecular weight is 375 g/mol. The number of amides is 1. The highest BCUT2D eigenvalue weighted by Crippen LogP contribution is 2.31. The number of nitrogens with zero attached hydrogens (tertiary/aromatic N) is 2. The largest absolute Gasteiger partial charge is 0.493 e. The molecule has 140 valence electrons. The predicted octanol–water partition coefficient (Wildman–Crippen LogP) is 4.38. The quantitative estimate of drug-likeness (QED) is 0.753. The molecule has 1 aliphatic carbocycles. The highest BCUT2D eigenvalue weighted by molar-refractivity contribution is 7.07. The Labute approximate surface area is 159 Å². The van der Waals surface area contributed by atoms with E-state index >= 15 is 0 Å². The maximum atomic E-state index is 12.9. The lowest BCUT2D eigenvalue weighted by molar-refractivity contribution is 0.0628. The number of carbonyl (C=O) groups is 1. The second-order valence-electron chi connectivity index (χ2n) is 6.88. The summed E-state index contributed by atoms with van der Waals surface area (Å²) in [7, 11) is 3.50. The lowest BCUT2D eigenvalue weighted by Gasteiger charge is -2.36. The molecule has 0 bridgehead atoms. The van der Waals surface area contributed by atoms with Crippen LogP contribution in [0.3, 0.4) is 0 Å². The summed E-state index contributed by atoms with van der Waals surface area (Å²) in [5, 5.41) is 1.95. The van der Waals surface area contributed by atoms with Crippen LogP contribution in [-0.4, -0.2) is 36.0 Å².